The zero-order valence-corrected chi connectivity index (χ0v) is 12.1. The molecule has 0 unspecified atom stereocenters. The first-order valence-corrected chi connectivity index (χ1v) is 7.38. The molecule has 20 heavy (non-hydrogen) atoms. The molecule has 0 bridgehead atoms. The van der Waals surface area contributed by atoms with Gasteiger partial charge >= 0.3 is 0 Å². The maximum atomic E-state index is 12.7. The van der Waals surface area contributed by atoms with E-state index in [-0.39, 0.29) is 18.3 Å². The number of carbonyl (C=O) groups is 1. The molecule has 2 N–H and O–H groups in total. The van der Waals surface area contributed by atoms with Crippen LogP contribution in [0, 0.1) is 5.82 Å². The van der Waals surface area contributed by atoms with E-state index in [0.717, 1.165) is 6.42 Å². The van der Waals surface area contributed by atoms with Crippen LogP contribution in [0.1, 0.15) is 17.4 Å². The Kier molecular flexibility index (Phi) is 5.26. The fraction of sp³-hybridized carbons (Fsp3) is 0.267. The second-order valence-electron chi connectivity index (χ2n) is 4.38. The molecule has 1 aromatic carbocycles. The maximum Gasteiger partial charge on any atom is 0.238 e. The van der Waals surface area contributed by atoms with E-state index in [0.29, 0.717) is 12.2 Å². The molecule has 0 saturated carbocycles. The van der Waals surface area contributed by atoms with E-state index in [9.17, 15) is 9.18 Å². The molecule has 2 aromatic rings. The molecule has 1 amide bonds. The van der Waals surface area contributed by atoms with Crippen molar-refractivity contribution in [1.82, 2.24) is 5.32 Å². The summed E-state index contributed by atoms with van der Waals surface area (Å²) in [6, 6.07) is 7.84. The molecule has 0 saturated heterocycles. The van der Waals surface area contributed by atoms with Gasteiger partial charge in [0, 0.05) is 17.1 Å². The number of hydrogen-bond acceptors (Lipinski definition) is 3. The van der Waals surface area contributed by atoms with Crippen LogP contribution < -0.4 is 10.6 Å². The molecule has 0 aliphatic heterocycles. The fourth-order valence-electron chi connectivity index (χ4n) is 1.87. The molecule has 106 valence electrons. The Morgan fingerprint density at radius 3 is 2.70 bits per heavy atom. The number of rotatable bonds is 6. The SMILES string of the molecule is CCc1ccsc1CNCC(=O)Nc1ccc(F)cc1. The van der Waals surface area contributed by atoms with E-state index in [1.807, 2.05) is 0 Å². The minimum Gasteiger partial charge on any atom is -0.325 e. The second kappa shape index (κ2) is 7.17. The minimum atomic E-state index is -0.314. The fourth-order valence-corrected chi connectivity index (χ4v) is 2.81. The topological polar surface area (TPSA) is 41.1 Å². The normalized spacial score (nSPS) is 10.5. The van der Waals surface area contributed by atoms with Gasteiger partial charge in [0.2, 0.25) is 5.91 Å². The number of hydrogen-bond donors (Lipinski definition) is 2. The number of nitrogens with one attached hydrogen (secondary N) is 2. The van der Waals surface area contributed by atoms with Crippen molar-refractivity contribution in [3.63, 3.8) is 0 Å². The third kappa shape index (κ3) is 4.15. The van der Waals surface area contributed by atoms with Gasteiger partial charge < -0.3 is 10.6 Å². The maximum absolute atomic E-state index is 12.7. The van der Waals surface area contributed by atoms with Crippen molar-refractivity contribution in [2.45, 2.75) is 19.9 Å². The molecule has 3 nitrogen and oxygen atoms in total. The van der Waals surface area contributed by atoms with Gasteiger partial charge in [-0.15, -0.1) is 11.3 Å². The van der Waals surface area contributed by atoms with Crippen molar-refractivity contribution in [1.29, 1.82) is 0 Å². The van der Waals surface area contributed by atoms with Crippen molar-refractivity contribution in [3.05, 3.63) is 52.0 Å². The van der Waals surface area contributed by atoms with Crippen LogP contribution >= 0.6 is 11.3 Å². The van der Waals surface area contributed by atoms with Crippen molar-refractivity contribution in [2.24, 2.45) is 0 Å². The predicted octanol–water partition coefficient (Wildman–Crippen LogP) is 3.18. The Hall–Kier alpha value is -1.72. The van der Waals surface area contributed by atoms with E-state index in [1.54, 1.807) is 23.5 Å². The first-order valence-electron chi connectivity index (χ1n) is 6.50. The lowest BCUT2D eigenvalue weighted by molar-refractivity contribution is -0.115. The molecule has 2 rings (SSSR count). The summed E-state index contributed by atoms with van der Waals surface area (Å²) in [7, 11) is 0. The van der Waals surface area contributed by atoms with E-state index < -0.39 is 0 Å². The lowest BCUT2D eigenvalue weighted by atomic mass is 10.2. The van der Waals surface area contributed by atoms with Gasteiger partial charge in [0.15, 0.2) is 0 Å². The van der Waals surface area contributed by atoms with Gasteiger partial charge in [0.1, 0.15) is 5.82 Å². The van der Waals surface area contributed by atoms with Gasteiger partial charge in [0.25, 0.3) is 0 Å². The highest BCUT2D eigenvalue weighted by atomic mass is 32.1. The Morgan fingerprint density at radius 1 is 1.25 bits per heavy atom. The predicted molar refractivity (Wildman–Crippen MR) is 80.4 cm³/mol. The Bertz CT molecular complexity index is 566. The molecule has 5 heteroatoms. The summed E-state index contributed by atoms with van der Waals surface area (Å²) in [6.07, 6.45) is 1.00. The van der Waals surface area contributed by atoms with E-state index in [2.05, 4.69) is 29.0 Å². The van der Waals surface area contributed by atoms with Crippen molar-refractivity contribution in [2.75, 3.05) is 11.9 Å². The molecule has 0 aliphatic carbocycles. The second-order valence-corrected chi connectivity index (χ2v) is 5.38. The molecule has 0 fully saturated rings. The standard InChI is InChI=1S/C15H17FN2OS/c1-2-11-7-8-20-14(11)9-17-10-15(19)18-13-5-3-12(16)4-6-13/h3-8,17H,2,9-10H2,1H3,(H,18,19). The smallest absolute Gasteiger partial charge is 0.238 e. The summed E-state index contributed by atoms with van der Waals surface area (Å²) < 4.78 is 12.7. The van der Waals surface area contributed by atoms with Crippen molar-refractivity contribution in [3.8, 4) is 0 Å². The van der Waals surface area contributed by atoms with E-state index in [4.69, 9.17) is 0 Å². The van der Waals surface area contributed by atoms with E-state index in [1.165, 1.54) is 22.6 Å². The van der Waals surface area contributed by atoms with Crippen molar-refractivity contribution < 1.29 is 9.18 Å². The Morgan fingerprint density at radius 2 is 2.00 bits per heavy atom. The zero-order chi connectivity index (χ0) is 14.4. The Labute approximate surface area is 121 Å². The van der Waals surface area contributed by atoms with Crippen LogP contribution in [0.5, 0.6) is 0 Å². The quantitative estimate of drug-likeness (QED) is 0.858. The van der Waals surface area contributed by atoms with Crippen LogP contribution in [0.4, 0.5) is 10.1 Å². The summed E-state index contributed by atoms with van der Waals surface area (Å²) >= 11 is 1.70. The van der Waals surface area contributed by atoms with Crippen LogP contribution in [0.3, 0.4) is 0 Å². The molecule has 1 aromatic heterocycles. The van der Waals surface area contributed by atoms with Gasteiger partial charge in [0.05, 0.1) is 6.54 Å². The van der Waals surface area contributed by atoms with Gasteiger partial charge in [-0.3, -0.25) is 4.79 Å². The van der Waals surface area contributed by atoms with Gasteiger partial charge in [-0.25, -0.2) is 4.39 Å². The third-order valence-electron chi connectivity index (χ3n) is 2.92. The van der Waals surface area contributed by atoms with Gasteiger partial charge in [-0.2, -0.15) is 0 Å². The summed E-state index contributed by atoms with van der Waals surface area (Å²) in [5.74, 6) is -0.447. The summed E-state index contributed by atoms with van der Waals surface area (Å²) in [4.78, 5) is 13.0. The average molecular weight is 292 g/mol. The molecule has 0 radical (unpaired) electrons. The molecule has 0 aliphatic rings. The number of benzene rings is 1. The lowest BCUT2D eigenvalue weighted by Gasteiger charge is -2.07. The van der Waals surface area contributed by atoms with Gasteiger partial charge in [-0.1, -0.05) is 6.92 Å². The average Bonchev–Trinajstić information content (AvgIpc) is 2.89. The highest BCUT2D eigenvalue weighted by Gasteiger charge is 2.05. The van der Waals surface area contributed by atoms with Gasteiger partial charge in [-0.05, 0) is 47.7 Å². The molecular weight excluding hydrogens is 275 g/mol. The zero-order valence-electron chi connectivity index (χ0n) is 11.3. The molecule has 1 heterocycles. The first-order chi connectivity index (χ1) is 9.69. The Balaban J connectivity index is 1.76. The van der Waals surface area contributed by atoms with Crippen LogP contribution in [-0.4, -0.2) is 12.5 Å². The monoisotopic (exact) mass is 292 g/mol. The van der Waals surface area contributed by atoms with Crippen LogP contribution in [0.2, 0.25) is 0 Å². The number of aryl methyl sites for hydroxylation is 1. The summed E-state index contributed by atoms with van der Waals surface area (Å²) in [5, 5.41) is 7.90. The number of anilines is 1. The largest absolute Gasteiger partial charge is 0.325 e. The highest BCUT2D eigenvalue weighted by molar-refractivity contribution is 7.10. The minimum absolute atomic E-state index is 0.133. The van der Waals surface area contributed by atoms with Crippen LogP contribution in [-0.2, 0) is 17.8 Å². The van der Waals surface area contributed by atoms with Crippen molar-refractivity contribution >= 4 is 22.9 Å². The molecular formula is C15H17FN2OS. The number of halogens is 1. The summed E-state index contributed by atoms with van der Waals surface area (Å²) in [6.45, 7) is 3.04. The first kappa shape index (κ1) is 14.7. The molecule has 0 spiro atoms. The summed E-state index contributed by atoms with van der Waals surface area (Å²) in [5.41, 5.74) is 1.92. The highest BCUT2D eigenvalue weighted by Crippen LogP contribution is 2.16. The lowest BCUT2D eigenvalue weighted by Crippen LogP contribution is -2.27. The van der Waals surface area contributed by atoms with E-state index >= 15 is 0 Å². The van der Waals surface area contributed by atoms with Crippen LogP contribution in [0.15, 0.2) is 35.7 Å². The third-order valence-corrected chi connectivity index (χ3v) is 3.88. The number of thiophene rings is 1. The molecule has 0 atom stereocenters. The number of carbonyl (C=O) groups excluding carboxylic acids is 1. The van der Waals surface area contributed by atoms with Crippen LogP contribution in [0.25, 0.3) is 0 Å². The number of amides is 1.